The first kappa shape index (κ1) is 31.7. The Morgan fingerprint density at radius 2 is 1.95 bits per heavy atom. The Morgan fingerprint density at radius 1 is 1.25 bits per heavy atom. The largest absolute Gasteiger partial charge is 0.391 e. The summed E-state index contributed by atoms with van der Waals surface area (Å²) in [5.74, 6) is -3.69. The maximum Gasteiger partial charge on any atom is 0.390 e. The van der Waals surface area contributed by atoms with Gasteiger partial charge in [0.05, 0.1) is 29.7 Å². The molecule has 10 nitrogen and oxygen atoms in total. The number of carbonyl (C=O) groups excluding carboxylic acids is 1. The molecule has 17 heteroatoms. The van der Waals surface area contributed by atoms with Gasteiger partial charge in [0, 0.05) is 25.2 Å². The first-order valence-corrected chi connectivity index (χ1v) is 14.8. The van der Waals surface area contributed by atoms with Crippen molar-refractivity contribution in [3.8, 4) is 0 Å². The van der Waals surface area contributed by atoms with Gasteiger partial charge in [-0.05, 0) is 31.0 Å². The molecule has 0 radical (unpaired) electrons. The number of alkyl halides is 5. The summed E-state index contributed by atoms with van der Waals surface area (Å²) in [5, 5.41) is 9.85. The van der Waals surface area contributed by atoms with Crippen LogP contribution in [0.2, 0.25) is 0 Å². The number of carbonyl (C=O) groups is 1. The number of sulfonamides is 1. The highest BCUT2D eigenvalue weighted by Crippen LogP contribution is 2.31. The third kappa shape index (κ3) is 9.12. The molecule has 0 bridgehead atoms. The topological polar surface area (TPSA) is 140 Å². The number of primary amides is 1. The van der Waals surface area contributed by atoms with Crippen molar-refractivity contribution in [3.63, 3.8) is 0 Å². The number of benzene rings is 1. The fourth-order valence-electron chi connectivity index (χ4n) is 4.37. The van der Waals surface area contributed by atoms with Crippen LogP contribution in [0.3, 0.4) is 0 Å². The molecule has 2 aromatic rings. The molecule has 3 rings (SSSR count). The zero-order valence-corrected chi connectivity index (χ0v) is 23.1. The minimum Gasteiger partial charge on any atom is -0.391 e. The van der Waals surface area contributed by atoms with Gasteiger partial charge < -0.3 is 21.2 Å². The van der Waals surface area contributed by atoms with Gasteiger partial charge in [0.25, 0.3) is 11.7 Å². The maximum atomic E-state index is 12.9. The second kappa shape index (κ2) is 13.7. The second-order valence-corrected chi connectivity index (χ2v) is 11.9. The lowest BCUT2D eigenvalue weighted by Crippen LogP contribution is -2.39. The molecule has 1 heterocycles. The summed E-state index contributed by atoms with van der Waals surface area (Å²) < 4.78 is 90.3. The van der Waals surface area contributed by atoms with Gasteiger partial charge in [-0.2, -0.15) is 22.0 Å². The van der Waals surface area contributed by atoms with Crippen LogP contribution in [0.15, 0.2) is 34.2 Å². The van der Waals surface area contributed by atoms with Crippen molar-refractivity contribution in [1.29, 1.82) is 0 Å². The average molecular weight is 615 g/mol. The van der Waals surface area contributed by atoms with E-state index < -0.39 is 46.9 Å². The van der Waals surface area contributed by atoms with Crippen molar-refractivity contribution in [1.82, 2.24) is 14.7 Å². The minimum atomic E-state index is -4.50. The van der Waals surface area contributed by atoms with Crippen LogP contribution in [0.5, 0.6) is 0 Å². The number of nitrogens with zero attached hydrogens (tertiary/aromatic N) is 2. The molecule has 40 heavy (non-hydrogen) atoms. The number of amides is 1. The number of nitrogens with one attached hydrogen (secondary N) is 3. The number of rotatable bonds is 14. The van der Waals surface area contributed by atoms with Crippen LogP contribution in [0.4, 0.5) is 33.3 Å². The molecule has 1 aromatic heterocycles. The SMILES string of the molecule is CNc1cc(NC[C@@H](On2cc(SC(F)F)c(C(N)=O)n2)C2CCCCC2)ccc1S(=O)(=O)NCCC(F)(F)F. The summed E-state index contributed by atoms with van der Waals surface area (Å²) in [6.07, 6.45) is -0.427. The van der Waals surface area contributed by atoms with Gasteiger partial charge in [-0.1, -0.05) is 31.0 Å². The van der Waals surface area contributed by atoms with Crippen molar-refractivity contribution >= 4 is 39.1 Å². The van der Waals surface area contributed by atoms with Crippen molar-refractivity contribution in [3.05, 3.63) is 30.1 Å². The third-order valence-electron chi connectivity index (χ3n) is 6.27. The number of hydrogen-bond donors (Lipinski definition) is 4. The van der Waals surface area contributed by atoms with Crippen LogP contribution in [0.1, 0.15) is 49.0 Å². The van der Waals surface area contributed by atoms with Gasteiger partial charge in [0.1, 0.15) is 11.0 Å². The van der Waals surface area contributed by atoms with E-state index in [0.29, 0.717) is 5.69 Å². The smallest absolute Gasteiger partial charge is 0.390 e. The molecule has 5 N–H and O–H groups in total. The molecule has 0 saturated heterocycles. The third-order valence-corrected chi connectivity index (χ3v) is 8.52. The van der Waals surface area contributed by atoms with Crippen LogP contribution in [0.25, 0.3) is 0 Å². The molecule has 0 aliphatic heterocycles. The van der Waals surface area contributed by atoms with E-state index in [0.717, 1.165) is 36.9 Å². The van der Waals surface area contributed by atoms with Crippen molar-refractivity contribution in [2.75, 3.05) is 30.8 Å². The Balaban J connectivity index is 1.76. The zero-order chi connectivity index (χ0) is 29.5. The lowest BCUT2D eigenvalue weighted by molar-refractivity contribution is -0.132. The van der Waals surface area contributed by atoms with Crippen LogP contribution >= 0.6 is 11.8 Å². The Bertz CT molecular complexity index is 1250. The molecule has 1 aliphatic carbocycles. The molecule has 1 fully saturated rings. The summed E-state index contributed by atoms with van der Waals surface area (Å²) in [4.78, 5) is 18.3. The number of nitrogens with two attached hydrogens (primary N) is 1. The van der Waals surface area contributed by atoms with Gasteiger partial charge in [-0.25, -0.2) is 13.1 Å². The Kier molecular flexibility index (Phi) is 10.9. The second-order valence-electron chi connectivity index (χ2n) is 9.13. The van der Waals surface area contributed by atoms with Crippen LogP contribution in [-0.4, -0.2) is 62.4 Å². The molecule has 0 unspecified atom stereocenters. The number of hydrogen-bond acceptors (Lipinski definition) is 8. The normalized spacial score (nSPS) is 15.7. The molecule has 224 valence electrons. The Hall–Kier alpha value is -2.79. The maximum absolute atomic E-state index is 12.9. The quantitative estimate of drug-likeness (QED) is 0.185. The van der Waals surface area contributed by atoms with E-state index in [-0.39, 0.29) is 45.4 Å². The molecule has 1 saturated carbocycles. The standard InChI is InChI=1S/C23H31F5N6O4S2/c1-30-16-11-15(7-8-19(16)40(36,37)32-10-9-23(26,27)28)31-12-17(14-5-3-2-4-6-14)38-34-13-18(39-22(24)25)20(33-34)21(29)35/h7-8,11,13-14,17,22,30-32H,2-6,9-10,12H2,1H3,(H2,29,35)/t17-/m1/s1. The fourth-order valence-corrected chi connectivity index (χ4v) is 6.19. The van der Waals surface area contributed by atoms with E-state index in [4.69, 9.17) is 10.6 Å². The number of anilines is 2. The summed E-state index contributed by atoms with van der Waals surface area (Å²) in [7, 11) is -2.74. The minimum absolute atomic E-state index is 0.0786. The first-order chi connectivity index (χ1) is 18.8. The highest BCUT2D eigenvalue weighted by atomic mass is 32.2. The molecule has 1 amide bonds. The zero-order valence-electron chi connectivity index (χ0n) is 21.5. The van der Waals surface area contributed by atoms with Gasteiger partial charge in [-0.3, -0.25) is 4.79 Å². The predicted octanol–water partition coefficient (Wildman–Crippen LogP) is 4.06. The van der Waals surface area contributed by atoms with Gasteiger partial charge in [0.15, 0.2) is 5.69 Å². The summed E-state index contributed by atoms with van der Waals surface area (Å²) in [6, 6.07) is 4.22. The van der Waals surface area contributed by atoms with Crippen molar-refractivity contribution in [2.24, 2.45) is 11.7 Å². The highest BCUT2D eigenvalue weighted by Gasteiger charge is 2.29. The molecular formula is C23H31F5N6O4S2. The van der Waals surface area contributed by atoms with Crippen LogP contribution in [-0.2, 0) is 10.0 Å². The van der Waals surface area contributed by atoms with E-state index in [1.165, 1.54) is 31.4 Å². The van der Waals surface area contributed by atoms with Gasteiger partial charge in [-0.15, -0.1) is 9.94 Å². The van der Waals surface area contributed by atoms with E-state index >= 15 is 0 Å². The van der Waals surface area contributed by atoms with Crippen LogP contribution in [0, 0.1) is 5.92 Å². The fraction of sp³-hybridized carbons (Fsp3) is 0.565. The Labute approximate surface area is 232 Å². The molecule has 0 spiro atoms. The van der Waals surface area contributed by atoms with E-state index in [1.807, 2.05) is 4.72 Å². The van der Waals surface area contributed by atoms with Crippen molar-refractivity contribution in [2.45, 2.75) is 66.4 Å². The highest BCUT2D eigenvalue weighted by molar-refractivity contribution is 7.99. The number of thioether (sulfide) groups is 1. The average Bonchev–Trinajstić information content (AvgIpc) is 3.27. The van der Waals surface area contributed by atoms with Crippen molar-refractivity contribution < 1.29 is 40.0 Å². The summed E-state index contributed by atoms with van der Waals surface area (Å²) in [5.41, 5.74) is 5.60. The molecular weight excluding hydrogens is 583 g/mol. The summed E-state index contributed by atoms with van der Waals surface area (Å²) >= 11 is 0.130. The lowest BCUT2D eigenvalue weighted by Gasteiger charge is -2.30. The number of halogens is 5. The van der Waals surface area contributed by atoms with Crippen LogP contribution < -0.4 is 25.9 Å². The van der Waals surface area contributed by atoms with Gasteiger partial charge in [0.2, 0.25) is 10.0 Å². The molecule has 1 aliphatic rings. The molecule has 1 aromatic carbocycles. The first-order valence-electron chi connectivity index (χ1n) is 12.4. The van der Waals surface area contributed by atoms with E-state index in [1.54, 1.807) is 0 Å². The van der Waals surface area contributed by atoms with Gasteiger partial charge >= 0.3 is 6.18 Å². The predicted molar refractivity (Wildman–Crippen MR) is 140 cm³/mol. The van der Waals surface area contributed by atoms with E-state index in [9.17, 15) is 35.2 Å². The monoisotopic (exact) mass is 614 g/mol. The Morgan fingerprint density at radius 3 is 2.55 bits per heavy atom. The molecule has 1 atom stereocenters. The van der Waals surface area contributed by atoms with E-state index in [2.05, 4.69) is 15.7 Å². The number of aromatic nitrogens is 2. The lowest BCUT2D eigenvalue weighted by atomic mass is 9.85. The summed E-state index contributed by atoms with van der Waals surface area (Å²) in [6.45, 7) is -0.579.